The van der Waals surface area contributed by atoms with Crippen LogP contribution in [-0.4, -0.2) is 18.1 Å². The van der Waals surface area contributed by atoms with E-state index in [4.69, 9.17) is 0 Å². The van der Waals surface area contributed by atoms with E-state index in [9.17, 15) is 0 Å². The number of thioether (sulfide) groups is 1. The van der Waals surface area contributed by atoms with Crippen LogP contribution in [0.5, 0.6) is 0 Å². The molecule has 0 heterocycles. The van der Waals surface area contributed by atoms with Gasteiger partial charge in [0.1, 0.15) is 0 Å². The lowest BCUT2D eigenvalue weighted by molar-refractivity contribution is 0.471. The van der Waals surface area contributed by atoms with Crippen LogP contribution in [-0.2, 0) is 0 Å². The lowest BCUT2D eigenvalue weighted by Gasteiger charge is -2.21. The van der Waals surface area contributed by atoms with Crippen LogP contribution in [0, 0.1) is 13.8 Å². The Hall–Kier alpha value is -0.470. The summed E-state index contributed by atoms with van der Waals surface area (Å²) in [6.45, 7) is 8.87. The molecule has 2 heteroatoms. The molecule has 1 N–H and O–H groups in total. The SMILES string of the molecule is CSCCC(C)NC(C)c1ccc(C)c(C)c1. The molecule has 17 heavy (non-hydrogen) atoms. The summed E-state index contributed by atoms with van der Waals surface area (Å²) in [5.74, 6) is 1.23. The molecule has 0 aromatic heterocycles. The van der Waals surface area contributed by atoms with Crippen LogP contribution in [0.3, 0.4) is 0 Å². The summed E-state index contributed by atoms with van der Waals surface area (Å²) in [7, 11) is 0. The smallest absolute Gasteiger partial charge is 0.0294 e. The van der Waals surface area contributed by atoms with Gasteiger partial charge in [-0.05, 0) is 62.8 Å². The number of aryl methyl sites for hydroxylation is 2. The second-order valence-electron chi connectivity index (χ2n) is 4.91. The second-order valence-corrected chi connectivity index (χ2v) is 5.90. The number of hydrogen-bond acceptors (Lipinski definition) is 2. The summed E-state index contributed by atoms with van der Waals surface area (Å²) in [5.41, 5.74) is 4.15. The van der Waals surface area contributed by atoms with Gasteiger partial charge in [-0.3, -0.25) is 0 Å². The molecular weight excluding hydrogens is 226 g/mol. The zero-order chi connectivity index (χ0) is 12.8. The molecule has 0 spiro atoms. The molecule has 0 bridgehead atoms. The van der Waals surface area contributed by atoms with Crippen molar-refractivity contribution in [1.29, 1.82) is 0 Å². The van der Waals surface area contributed by atoms with Crippen molar-refractivity contribution in [2.24, 2.45) is 0 Å². The van der Waals surface area contributed by atoms with Gasteiger partial charge in [-0.2, -0.15) is 11.8 Å². The van der Waals surface area contributed by atoms with E-state index in [1.165, 1.54) is 28.9 Å². The molecular formula is C15H25NS. The molecule has 0 saturated carbocycles. The van der Waals surface area contributed by atoms with E-state index in [-0.39, 0.29) is 0 Å². The topological polar surface area (TPSA) is 12.0 Å². The highest BCUT2D eigenvalue weighted by molar-refractivity contribution is 7.98. The fourth-order valence-electron chi connectivity index (χ4n) is 1.93. The molecule has 1 rings (SSSR count). The van der Waals surface area contributed by atoms with Gasteiger partial charge in [-0.1, -0.05) is 18.2 Å². The number of nitrogens with one attached hydrogen (secondary N) is 1. The van der Waals surface area contributed by atoms with Gasteiger partial charge in [0.05, 0.1) is 0 Å². The van der Waals surface area contributed by atoms with Crippen molar-refractivity contribution in [2.45, 2.75) is 46.2 Å². The predicted molar refractivity (Wildman–Crippen MR) is 79.9 cm³/mol. The third-order valence-electron chi connectivity index (χ3n) is 3.32. The fraction of sp³-hybridized carbons (Fsp3) is 0.600. The van der Waals surface area contributed by atoms with Crippen molar-refractivity contribution >= 4 is 11.8 Å². The molecule has 96 valence electrons. The first-order chi connectivity index (χ1) is 8.04. The van der Waals surface area contributed by atoms with E-state index in [2.05, 4.69) is 57.5 Å². The maximum absolute atomic E-state index is 3.66. The zero-order valence-electron chi connectivity index (χ0n) is 11.7. The normalized spacial score (nSPS) is 14.6. The summed E-state index contributed by atoms with van der Waals surface area (Å²) in [6, 6.07) is 7.77. The number of hydrogen-bond donors (Lipinski definition) is 1. The van der Waals surface area contributed by atoms with Crippen molar-refractivity contribution in [3.8, 4) is 0 Å². The maximum Gasteiger partial charge on any atom is 0.0294 e. The molecule has 0 aliphatic rings. The molecule has 2 unspecified atom stereocenters. The molecule has 0 aliphatic heterocycles. The summed E-state index contributed by atoms with van der Waals surface area (Å²) in [4.78, 5) is 0. The Balaban J connectivity index is 2.57. The third-order valence-corrected chi connectivity index (χ3v) is 3.96. The van der Waals surface area contributed by atoms with E-state index in [0.717, 1.165) is 0 Å². The van der Waals surface area contributed by atoms with Crippen molar-refractivity contribution in [2.75, 3.05) is 12.0 Å². The van der Waals surface area contributed by atoms with Crippen molar-refractivity contribution in [1.82, 2.24) is 5.32 Å². The molecule has 1 aromatic rings. The Morgan fingerprint density at radius 2 is 1.88 bits per heavy atom. The minimum absolute atomic E-state index is 0.436. The first kappa shape index (κ1) is 14.6. The van der Waals surface area contributed by atoms with Crippen LogP contribution in [0.15, 0.2) is 18.2 Å². The van der Waals surface area contributed by atoms with Gasteiger partial charge in [-0.25, -0.2) is 0 Å². The van der Waals surface area contributed by atoms with Crippen LogP contribution in [0.4, 0.5) is 0 Å². The Kier molecular flexibility index (Phi) is 6.07. The first-order valence-electron chi connectivity index (χ1n) is 6.36. The molecule has 2 atom stereocenters. The van der Waals surface area contributed by atoms with Gasteiger partial charge in [-0.15, -0.1) is 0 Å². The highest BCUT2D eigenvalue weighted by atomic mass is 32.2. The largest absolute Gasteiger partial charge is 0.308 e. The lowest BCUT2D eigenvalue weighted by atomic mass is 10.0. The summed E-state index contributed by atoms with van der Waals surface area (Å²) in [6.07, 6.45) is 3.40. The predicted octanol–water partition coefficient (Wildman–Crippen LogP) is 4.10. The van der Waals surface area contributed by atoms with Crippen molar-refractivity contribution in [3.05, 3.63) is 34.9 Å². The monoisotopic (exact) mass is 251 g/mol. The van der Waals surface area contributed by atoms with Crippen molar-refractivity contribution < 1.29 is 0 Å². The van der Waals surface area contributed by atoms with E-state index >= 15 is 0 Å². The molecule has 0 aliphatic carbocycles. The molecule has 0 fully saturated rings. The van der Waals surface area contributed by atoms with Gasteiger partial charge in [0, 0.05) is 12.1 Å². The fourth-order valence-corrected chi connectivity index (χ4v) is 2.52. The average molecular weight is 251 g/mol. The molecule has 0 amide bonds. The van der Waals surface area contributed by atoms with Gasteiger partial charge in [0.25, 0.3) is 0 Å². The zero-order valence-corrected chi connectivity index (χ0v) is 12.5. The minimum Gasteiger partial charge on any atom is -0.308 e. The van der Waals surface area contributed by atoms with Gasteiger partial charge in [0.2, 0.25) is 0 Å². The Morgan fingerprint density at radius 1 is 1.18 bits per heavy atom. The Morgan fingerprint density at radius 3 is 2.47 bits per heavy atom. The van der Waals surface area contributed by atoms with Crippen molar-refractivity contribution in [3.63, 3.8) is 0 Å². The standard InChI is InChI=1S/C15H25NS/c1-11-6-7-15(10-12(11)2)14(4)16-13(3)8-9-17-5/h6-7,10,13-14,16H,8-9H2,1-5H3. The average Bonchev–Trinajstić information content (AvgIpc) is 2.30. The maximum atomic E-state index is 3.66. The third kappa shape index (κ3) is 4.72. The van der Waals surface area contributed by atoms with Crippen LogP contribution in [0.25, 0.3) is 0 Å². The highest BCUT2D eigenvalue weighted by Gasteiger charge is 2.09. The van der Waals surface area contributed by atoms with E-state index in [0.29, 0.717) is 12.1 Å². The molecule has 1 aromatic carbocycles. The van der Waals surface area contributed by atoms with Crippen LogP contribution in [0.1, 0.15) is 43.0 Å². The minimum atomic E-state index is 0.436. The molecule has 0 saturated heterocycles. The lowest BCUT2D eigenvalue weighted by Crippen LogP contribution is -2.29. The van der Waals surface area contributed by atoms with Crippen LogP contribution >= 0.6 is 11.8 Å². The van der Waals surface area contributed by atoms with Crippen LogP contribution < -0.4 is 5.32 Å². The van der Waals surface area contributed by atoms with Gasteiger partial charge < -0.3 is 5.32 Å². The molecule has 0 radical (unpaired) electrons. The van der Waals surface area contributed by atoms with Gasteiger partial charge in [0.15, 0.2) is 0 Å². The first-order valence-corrected chi connectivity index (χ1v) is 7.76. The molecule has 1 nitrogen and oxygen atoms in total. The van der Waals surface area contributed by atoms with E-state index in [1.54, 1.807) is 0 Å². The highest BCUT2D eigenvalue weighted by Crippen LogP contribution is 2.17. The summed E-state index contributed by atoms with van der Waals surface area (Å²) < 4.78 is 0. The summed E-state index contributed by atoms with van der Waals surface area (Å²) >= 11 is 1.92. The number of benzene rings is 1. The second kappa shape index (κ2) is 7.07. The van der Waals surface area contributed by atoms with E-state index in [1.807, 2.05) is 11.8 Å². The quantitative estimate of drug-likeness (QED) is 0.817. The Bertz CT molecular complexity index is 349. The van der Waals surface area contributed by atoms with E-state index < -0.39 is 0 Å². The Labute approximate surface area is 110 Å². The van der Waals surface area contributed by atoms with Gasteiger partial charge >= 0.3 is 0 Å². The summed E-state index contributed by atoms with van der Waals surface area (Å²) in [5, 5.41) is 3.66. The van der Waals surface area contributed by atoms with Crippen LogP contribution in [0.2, 0.25) is 0 Å². The number of rotatable bonds is 6.